The zero-order valence-corrected chi connectivity index (χ0v) is 17.7. The standard InChI is InChI=1S/C25H28N2O4/c1-2-12-27(21-6-4-3-5-7-21)24(28)18-26-13-10-19(11-14-26)25(29)20-8-9-22-23(17-20)31-16-15-30-22/h2-9,17,19H,1,10-16,18H2. The second kappa shape index (κ2) is 9.79. The summed E-state index contributed by atoms with van der Waals surface area (Å²) in [4.78, 5) is 29.8. The molecule has 1 saturated heterocycles. The van der Waals surface area contributed by atoms with Crippen LogP contribution in [0.15, 0.2) is 61.2 Å². The lowest BCUT2D eigenvalue weighted by Crippen LogP contribution is -2.44. The molecule has 0 saturated carbocycles. The Kier molecular flexibility index (Phi) is 6.67. The number of Topliss-reactive ketones (excluding diaryl/α,β-unsaturated/α-hetero) is 1. The van der Waals surface area contributed by atoms with Crippen molar-refractivity contribution in [3.05, 3.63) is 66.7 Å². The summed E-state index contributed by atoms with van der Waals surface area (Å²) in [5.74, 6) is 1.48. The molecule has 1 amide bonds. The number of carbonyl (C=O) groups is 2. The van der Waals surface area contributed by atoms with Crippen molar-refractivity contribution in [1.82, 2.24) is 4.90 Å². The van der Waals surface area contributed by atoms with Gasteiger partial charge in [-0.1, -0.05) is 24.3 Å². The average molecular weight is 421 g/mol. The third-order valence-corrected chi connectivity index (χ3v) is 5.82. The van der Waals surface area contributed by atoms with E-state index in [1.54, 1.807) is 17.0 Å². The molecule has 2 aliphatic heterocycles. The van der Waals surface area contributed by atoms with Crippen LogP contribution in [0.3, 0.4) is 0 Å². The van der Waals surface area contributed by atoms with Gasteiger partial charge in [-0.3, -0.25) is 14.5 Å². The smallest absolute Gasteiger partial charge is 0.241 e. The number of ketones is 1. The number of ether oxygens (including phenoxy) is 2. The number of para-hydroxylation sites is 1. The Morgan fingerprint density at radius 3 is 2.45 bits per heavy atom. The van der Waals surface area contributed by atoms with Gasteiger partial charge in [0.15, 0.2) is 17.3 Å². The monoisotopic (exact) mass is 420 g/mol. The van der Waals surface area contributed by atoms with Crippen molar-refractivity contribution in [3.63, 3.8) is 0 Å². The highest BCUT2D eigenvalue weighted by Crippen LogP contribution is 2.32. The lowest BCUT2D eigenvalue weighted by Gasteiger charge is -2.32. The topological polar surface area (TPSA) is 59.1 Å². The molecule has 0 N–H and O–H groups in total. The van der Waals surface area contributed by atoms with Crippen LogP contribution in [0.25, 0.3) is 0 Å². The van der Waals surface area contributed by atoms with E-state index < -0.39 is 0 Å². The van der Waals surface area contributed by atoms with Crippen molar-refractivity contribution in [3.8, 4) is 11.5 Å². The van der Waals surface area contributed by atoms with Crippen molar-refractivity contribution < 1.29 is 19.1 Å². The van der Waals surface area contributed by atoms with Gasteiger partial charge in [0.1, 0.15) is 13.2 Å². The number of carbonyl (C=O) groups excluding carboxylic acids is 2. The summed E-state index contributed by atoms with van der Waals surface area (Å²) in [6, 6.07) is 15.1. The van der Waals surface area contributed by atoms with Gasteiger partial charge in [0.05, 0.1) is 6.54 Å². The normalized spacial score (nSPS) is 16.5. The zero-order valence-electron chi connectivity index (χ0n) is 17.7. The van der Waals surface area contributed by atoms with E-state index in [-0.39, 0.29) is 17.6 Å². The number of nitrogens with zero attached hydrogens (tertiary/aromatic N) is 2. The fourth-order valence-corrected chi connectivity index (χ4v) is 4.15. The van der Waals surface area contributed by atoms with Crippen LogP contribution in [0.2, 0.25) is 0 Å². The van der Waals surface area contributed by atoms with Gasteiger partial charge in [-0.25, -0.2) is 0 Å². The molecular formula is C25H28N2O4. The second-order valence-electron chi connectivity index (χ2n) is 7.90. The Morgan fingerprint density at radius 2 is 1.74 bits per heavy atom. The Bertz CT molecular complexity index is 936. The Morgan fingerprint density at radius 1 is 1.03 bits per heavy atom. The molecule has 0 atom stereocenters. The van der Waals surface area contributed by atoms with E-state index >= 15 is 0 Å². The summed E-state index contributed by atoms with van der Waals surface area (Å²) in [6.45, 7) is 7.08. The van der Waals surface area contributed by atoms with Crippen molar-refractivity contribution in [2.24, 2.45) is 5.92 Å². The Labute approximate surface area is 183 Å². The number of piperidine rings is 1. The molecule has 0 bridgehead atoms. The van der Waals surface area contributed by atoms with Crippen LogP contribution in [0.5, 0.6) is 11.5 Å². The average Bonchev–Trinajstić information content (AvgIpc) is 2.82. The molecule has 0 aliphatic carbocycles. The van der Waals surface area contributed by atoms with Gasteiger partial charge in [-0.2, -0.15) is 0 Å². The number of hydrogen-bond acceptors (Lipinski definition) is 5. The number of fused-ring (bicyclic) bond motifs is 1. The van der Waals surface area contributed by atoms with E-state index in [4.69, 9.17) is 9.47 Å². The van der Waals surface area contributed by atoms with Gasteiger partial charge in [0, 0.05) is 23.7 Å². The minimum Gasteiger partial charge on any atom is -0.486 e. The first-order valence-corrected chi connectivity index (χ1v) is 10.8. The first-order valence-electron chi connectivity index (χ1n) is 10.8. The number of likely N-dealkylation sites (tertiary alicyclic amines) is 1. The van der Waals surface area contributed by atoms with Crippen LogP contribution >= 0.6 is 0 Å². The largest absolute Gasteiger partial charge is 0.486 e. The molecule has 6 nitrogen and oxygen atoms in total. The fourth-order valence-electron chi connectivity index (χ4n) is 4.15. The Balaban J connectivity index is 1.33. The summed E-state index contributed by atoms with van der Waals surface area (Å²) < 4.78 is 11.1. The summed E-state index contributed by atoms with van der Waals surface area (Å²) in [5, 5.41) is 0. The van der Waals surface area contributed by atoms with E-state index in [1.165, 1.54) is 0 Å². The summed E-state index contributed by atoms with van der Waals surface area (Å²) in [6.07, 6.45) is 3.23. The minimum absolute atomic E-state index is 0.0349. The van der Waals surface area contributed by atoms with Gasteiger partial charge in [0.25, 0.3) is 0 Å². The molecule has 31 heavy (non-hydrogen) atoms. The fraction of sp³-hybridized carbons (Fsp3) is 0.360. The van der Waals surface area contributed by atoms with Crippen molar-refractivity contribution >= 4 is 17.4 Å². The van der Waals surface area contributed by atoms with E-state index in [1.807, 2.05) is 42.5 Å². The predicted octanol–water partition coefficient (Wildman–Crippen LogP) is 3.57. The maximum atomic E-state index is 13.0. The molecule has 2 aliphatic rings. The van der Waals surface area contributed by atoms with E-state index in [0.717, 1.165) is 31.6 Å². The van der Waals surface area contributed by atoms with Gasteiger partial charge < -0.3 is 14.4 Å². The van der Waals surface area contributed by atoms with E-state index in [9.17, 15) is 9.59 Å². The minimum atomic E-state index is -0.0349. The van der Waals surface area contributed by atoms with Crippen LogP contribution in [0, 0.1) is 5.92 Å². The molecule has 2 heterocycles. The molecule has 4 rings (SSSR count). The highest BCUT2D eigenvalue weighted by atomic mass is 16.6. The quantitative estimate of drug-likeness (QED) is 0.506. The van der Waals surface area contributed by atoms with Crippen LogP contribution in [-0.2, 0) is 4.79 Å². The second-order valence-corrected chi connectivity index (χ2v) is 7.90. The van der Waals surface area contributed by atoms with Crippen LogP contribution in [-0.4, -0.2) is 56.0 Å². The van der Waals surface area contributed by atoms with Gasteiger partial charge in [-0.05, 0) is 56.3 Å². The van der Waals surface area contributed by atoms with Gasteiger partial charge >= 0.3 is 0 Å². The van der Waals surface area contributed by atoms with Crippen LogP contribution < -0.4 is 14.4 Å². The first-order chi connectivity index (χ1) is 15.2. The third-order valence-electron chi connectivity index (χ3n) is 5.82. The number of anilines is 1. The number of amides is 1. The molecule has 0 aromatic heterocycles. The van der Waals surface area contributed by atoms with E-state index in [0.29, 0.717) is 43.4 Å². The summed E-state index contributed by atoms with van der Waals surface area (Å²) >= 11 is 0. The Hall–Kier alpha value is -3.12. The van der Waals surface area contributed by atoms with Gasteiger partial charge in [0.2, 0.25) is 5.91 Å². The highest BCUT2D eigenvalue weighted by Gasteiger charge is 2.28. The molecular weight excluding hydrogens is 392 g/mol. The lowest BCUT2D eigenvalue weighted by atomic mass is 9.88. The first kappa shape index (κ1) is 21.1. The third kappa shape index (κ3) is 4.97. The molecule has 0 spiro atoms. The van der Waals surface area contributed by atoms with Gasteiger partial charge in [-0.15, -0.1) is 6.58 Å². The van der Waals surface area contributed by atoms with Crippen LogP contribution in [0.1, 0.15) is 23.2 Å². The molecule has 0 radical (unpaired) electrons. The van der Waals surface area contributed by atoms with Crippen molar-refractivity contribution in [2.45, 2.75) is 12.8 Å². The lowest BCUT2D eigenvalue weighted by molar-refractivity contribution is -0.119. The van der Waals surface area contributed by atoms with Crippen molar-refractivity contribution in [2.75, 3.05) is 44.3 Å². The maximum absolute atomic E-state index is 13.0. The highest BCUT2D eigenvalue weighted by molar-refractivity contribution is 5.98. The number of benzene rings is 2. The molecule has 1 fully saturated rings. The molecule has 2 aromatic carbocycles. The van der Waals surface area contributed by atoms with E-state index in [2.05, 4.69) is 11.5 Å². The molecule has 2 aromatic rings. The number of rotatable bonds is 7. The molecule has 162 valence electrons. The summed E-state index contributed by atoms with van der Waals surface area (Å²) in [7, 11) is 0. The van der Waals surface area contributed by atoms with Crippen LogP contribution in [0.4, 0.5) is 5.69 Å². The summed E-state index contributed by atoms with van der Waals surface area (Å²) in [5.41, 5.74) is 1.54. The predicted molar refractivity (Wildman–Crippen MR) is 120 cm³/mol. The SMILES string of the molecule is C=CCN(C(=O)CN1CCC(C(=O)c2ccc3c(c2)OCCO3)CC1)c1ccccc1. The molecule has 6 heteroatoms. The maximum Gasteiger partial charge on any atom is 0.241 e. The zero-order chi connectivity index (χ0) is 21.6. The molecule has 0 unspecified atom stereocenters. The van der Waals surface area contributed by atoms with Crippen molar-refractivity contribution in [1.29, 1.82) is 0 Å². The number of hydrogen-bond donors (Lipinski definition) is 0.